The summed E-state index contributed by atoms with van der Waals surface area (Å²) >= 11 is 0. The second-order valence-corrected chi connectivity index (χ2v) is 6.89. The van der Waals surface area contributed by atoms with E-state index >= 15 is 0 Å². The minimum absolute atomic E-state index is 0.121. The number of likely N-dealkylation sites (N-methyl/N-ethyl adjacent to an activating group) is 1. The van der Waals surface area contributed by atoms with Gasteiger partial charge >= 0.3 is 0 Å². The van der Waals surface area contributed by atoms with Gasteiger partial charge in [-0.25, -0.2) is 0 Å². The molecule has 0 aromatic heterocycles. The number of hydrogen-bond acceptors (Lipinski definition) is 5. The van der Waals surface area contributed by atoms with Crippen LogP contribution >= 0.6 is 0 Å². The van der Waals surface area contributed by atoms with Crippen LogP contribution in [-0.2, 0) is 11.2 Å². The van der Waals surface area contributed by atoms with E-state index in [1.807, 2.05) is 6.07 Å². The average Bonchev–Trinajstić information content (AvgIpc) is 3.26. The molecular weight excluding hydrogens is 318 g/mol. The average molecular weight is 347 g/mol. The first-order valence-electron chi connectivity index (χ1n) is 9.27. The Kier molecular flexibility index (Phi) is 6.15. The van der Waals surface area contributed by atoms with Crippen molar-refractivity contribution in [2.75, 3.05) is 39.6 Å². The first-order chi connectivity index (χ1) is 12.2. The van der Waals surface area contributed by atoms with Gasteiger partial charge in [-0.1, -0.05) is 13.0 Å². The number of ether oxygens (including phenoxy) is 2. The van der Waals surface area contributed by atoms with E-state index in [2.05, 4.69) is 41.1 Å². The second kappa shape index (κ2) is 8.54. The monoisotopic (exact) mass is 347 g/mol. The van der Waals surface area contributed by atoms with Crippen molar-refractivity contribution in [3.63, 3.8) is 0 Å². The summed E-state index contributed by atoms with van der Waals surface area (Å²) in [5, 5.41) is 3.07. The highest BCUT2D eigenvalue weighted by Crippen LogP contribution is 2.32. The minimum Gasteiger partial charge on any atom is -0.454 e. The zero-order valence-corrected chi connectivity index (χ0v) is 15.3. The lowest BCUT2D eigenvalue weighted by molar-refractivity contribution is -0.122. The number of carbonyl (C=O) groups is 1. The molecular formula is C19H29N3O3. The van der Waals surface area contributed by atoms with Crippen LogP contribution in [0.3, 0.4) is 0 Å². The quantitative estimate of drug-likeness (QED) is 0.727. The van der Waals surface area contributed by atoms with E-state index in [0.29, 0.717) is 26.0 Å². The number of carbonyl (C=O) groups excluding carboxylic acids is 1. The molecule has 1 aromatic carbocycles. The van der Waals surface area contributed by atoms with Crippen molar-refractivity contribution < 1.29 is 14.3 Å². The van der Waals surface area contributed by atoms with Crippen LogP contribution in [0.5, 0.6) is 11.5 Å². The van der Waals surface area contributed by atoms with Gasteiger partial charge in [0.2, 0.25) is 12.7 Å². The summed E-state index contributed by atoms with van der Waals surface area (Å²) in [7, 11) is 0. The molecule has 1 amide bonds. The molecule has 0 aliphatic carbocycles. The van der Waals surface area contributed by atoms with E-state index < -0.39 is 0 Å². The fraction of sp³-hybridized carbons (Fsp3) is 0.632. The molecule has 1 N–H and O–H groups in total. The number of rotatable bonds is 8. The summed E-state index contributed by atoms with van der Waals surface area (Å²) in [6.07, 6.45) is 3.33. The van der Waals surface area contributed by atoms with Crippen LogP contribution < -0.4 is 14.8 Å². The standard InChI is InChI=1S/C19H29N3O3/c1-3-22(13-20-19(23)12-21-8-4-5-9-21)15(2)10-16-6-7-17-18(11-16)25-14-24-17/h6-7,11,15H,3-5,8-10,12-14H2,1-2H3,(H,20,23). The number of hydrogen-bond donors (Lipinski definition) is 1. The zero-order valence-electron chi connectivity index (χ0n) is 15.3. The third-order valence-electron chi connectivity index (χ3n) is 5.04. The van der Waals surface area contributed by atoms with Crippen LogP contribution in [0.2, 0.25) is 0 Å². The van der Waals surface area contributed by atoms with Crippen molar-refractivity contribution in [2.24, 2.45) is 0 Å². The molecule has 138 valence electrons. The molecule has 25 heavy (non-hydrogen) atoms. The van der Waals surface area contributed by atoms with E-state index in [-0.39, 0.29) is 5.91 Å². The summed E-state index contributed by atoms with van der Waals surface area (Å²) in [5.41, 5.74) is 1.22. The molecule has 0 bridgehead atoms. The van der Waals surface area contributed by atoms with Crippen molar-refractivity contribution in [1.82, 2.24) is 15.1 Å². The molecule has 1 fully saturated rings. The molecule has 0 radical (unpaired) electrons. The number of fused-ring (bicyclic) bond motifs is 1. The van der Waals surface area contributed by atoms with Crippen LogP contribution in [0.15, 0.2) is 18.2 Å². The predicted molar refractivity (Wildman–Crippen MR) is 96.8 cm³/mol. The van der Waals surface area contributed by atoms with Crippen LogP contribution in [0, 0.1) is 0 Å². The molecule has 1 atom stereocenters. The van der Waals surface area contributed by atoms with Crippen molar-refractivity contribution in [1.29, 1.82) is 0 Å². The van der Waals surface area contributed by atoms with Gasteiger partial charge in [0, 0.05) is 6.04 Å². The lowest BCUT2D eigenvalue weighted by atomic mass is 10.1. The summed E-state index contributed by atoms with van der Waals surface area (Å²) in [5.74, 6) is 1.76. The van der Waals surface area contributed by atoms with Gasteiger partial charge in [-0.3, -0.25) is 14.6 Å². The first-order valence-corrected chi connectivity index (χ1v) is 9.27. The van der Waals surface area contributed by atoms with Crippen LogP contribution in [0.25, 0.3) is 0 Å². The Morgan fingerprint density at radius 1 is 1.28 bits per heavy atom. The van der Waals surface area contributed by atoms with Gasteiger partial charge in [-0.05, 0) is 63.5 Å². The van der Waals surface area contributed by atoms with Crippen LogP contribution in [-0.4, -0.2) is 61.4 Å². The van der Waals surface area contributed by atoms with Gasteiger partial charge in [0.25, 0.3) is 0 Å². The Hall–Kier alpha value is -1.79. The third kappa shape index (κ3) is 4.86. The largest absolute Gasteiger partial charge is 0.454 e. The molecule has 1 aromatic rings. The lowest BCUT2D eigenvalue weighted by Crippen LogP contribution is -2.45. The predicted octanol–water partition coefficient (Wildman–Crippen LogP) is 1.84. The Bertz CT molecular complexity index is 587. The molecule has 2 heterocycles. The van der Waals surface area contributed by atoms with E-state index in [4.69, 9.17) is 9.47 Å². The highest BCUT2D eigenvalue weighted by Gasteiger charge is 2.19. The lowest BCUT2D eigenvalue weighted by Gasteiger charge is -2.28. The Labute approximate surface area is 150 Å². The number of likely N-dealkylation sites (tertiary alicyclic amines) is 1. The summed E-state index contributed by atoms with van der Waals surface area (Å²) in [6.45, 7) is 8.73. The maximum Gasteiger partial charge on any atom is 0.235 e. The second-order valence-electron chi connectivity index (χ2n) is 6.89. The molecule has 6 heteroatoms. The highest BCUT2D eigenvalue weighted by molar-refractivity contribution is 5.77. The van der Waals surface area contributed by atoms with Crippen molar-refractivity contribution in [3.05, 3.63) is 23.8 Å². The van der Waals surface area contributed by atoms with Gasteiger partial charge in [0.05, 0.1) is 13.2 Å². The molecule has 3 rings (SSSR count). The van der Waals surface area contributed by atoms with Gasteiger partial charge in [-0.15, -0.1) is 0 Å². The third-order valence-corrected chi connectivity index (χ3v) is 5.04. The summed E-state index contributed by atoms with van der Waals surface area (Å²) in [6, 6.07) is 6.44. The van der Waals surface area contributed by atoms with Crippen LogP contribution in [0.4, 0.5) is 0 Å². The Morgan fingerprint density at radius 2 is 2.04 bits per heavy atom. The van der Waals surface area contributed by atoms with Crippen molar-refractivity contribution in [3.8, 4) is 11.5 Å². The van der Waals surface area contributed by atoms with Crippen LogP contribution in [0.1, 0.15) is 32.3 Å². The Morgan fingerprint density at radius 3 is 2.80 bits per heavy atom. The zero-order chi connectivity index (χ0) is 17.6. The number of amides is 1. The van der Waals surface area contributed by atoms with E-state index in [0.717, 1.165) is 37.6 Å². The minimum atomic E-state index is 0.121. The summed E-state index contributed by atoms with van der Waals surface area (Å²) in [4.78, 5) is 16.6. The maximum atomic E-state index is 12.1. The molecule has 0 spiro atoms. The number of nitrogens with zero attached hydrogens (tertiary/aromatic N) is 2. The molecule has 2 aliphatic rings. The molecule has 0 saturated carbocycles. The normalized spacial score (nSPS) is 17.9. The van der Waals surface area contributed by atoms with Gasteiger partial charge < -0.3 is 14.8 Å². The molecule has 2 aliphatic heterocycles. The Balaban J connectivity index is 1.47. The molecule has 6 nitrogen and oxygen atoms in total. The fourth-order valence-corrected chi connectivity index (χ4v) is 3.51. The van der Waals surface area contributed by atoms with Crippen molar-refractivity contribution in [2.45, 2.75) is 39.2 Å². The fourth-order valence-electron chi connectivity index (χ4n) is 3.51. The highest BCUT2D eigenvalue weighted by atomic mass is 16.7. The first kappa shape index (κ1) is 18.0. The van der Waals surface area contributed by atoms with Crippen molar-refractivity contribution >= 4 is 5.91 Å². The molecule has 1 unspecified atom stereocenters. The number of benzene rings is 1. The van der Waals surface area contributed by atoms with E-state index in [1.54, 1.807) is 0 Å². The number of nitrogens with one attached hydrogen (secondary N) is 1. The maximum absolute atomic E-state index is 12.1. The molecule has 1 saturated heterocycles. The van der Waals surface area contributed by atoms with E-state index in [9.17, 15) is 4.79 Å². The van der Waals surface area contributed by atoms with Gasteiger partial charge in [0.15, 0.2) is 11.5 Å². The topological polar surface area (TPSA) is 54.0 Å². The van der Waals surface area contributed by atoms with Gasteiger partial charge in [0.1, 0.15) is 0 Å². The summed E-state index contributed by atoms with van der Waals surface area (Å²) < 4.78 is 10.8. The van der Waals surface area contributed by atoms with Gasteiger partial charge in [-0.2, -0.15) is 0 Å². The SMILES string of the molecule is CCN(CNC(=O)CN1CCCC1)C(C)Cc1ccc2c(c1)OCO2. The smallest absolute Gasteiger partial charge is 0.235 e. The van der Waals surface area contributed by atoms with E-state index in [1.165, 1.54) is 18.4 Å².